The van der Waals surface area contributed by atoms with Gasteiger partial charge in [-0.1, -0.05) is 23.7 Å². The predicted molar refractivity (Wildman–Crippen MR) is 76.2 cm³/mol. The molecular formula is C14H15Cl2N3O3. The topological polar surface area (TPSA) is 77.9 Å². The average molecular weight is 344 g/mol. The molecule has 0 unspecified atom stereocenters. The number of carbonyl (C=O) groups is 1. The highest BCUT2D eigenvalue weighted by atomic mass is 35.5. The molecule has 2 N–H and O–H groups in total. The summed E-state index contributed by atoms with van der Waals surface area (Å²) in [5.41, 5.74) is 1.45. The van der Waals surface area contributed by atoms with Gasteiger partial charge in [0.1, 0.15) is 6.54 Å². The van der Waals surface area contributed by atoms with E-state index in [0.717, 1.165) is 11.0 Å². The Morgan fingerprint density at radius 1 is 1.32 bits per heavy atom. The Morgan fingerprint density at radius 2 is 2.00 bits per heavy atom. The third kappa shape index (κ3) is 3.40. The lowest BCUT2D eigenvalue weighted by Gasteiger charge is -2.11. The number of nitrogens with zero attached hydrogens (tertiary/aromatic N) is 2. The smallest absolute Gasteiger partial charge is 0.364 e. The van der Waals surface area contributed by atoms with E-state index >= 15 is 0 Å². The number of ether oxygens (including phenoxy) is 2. The second-order valence-corrected chi connectivity index (χ2v) is 5.24. The fourth-order valence-electron chi connectivity index (χ4n) is 2.43. The monoisotopic (exact) mass is 343 g/mol. The molecular weight excluding hydrogens is 329 g/mol. The van der Waals surface area contributed by atoms with Gasteiger partial charge in [-0.3, -0.25) is 0 Å². The van der Waals surface area contributed by atoms with Crippen molar-refractivity contribution in [1.82, 2.24) is 9.97 Å². The number of nitrogens with two attached hydrogens (primary N) is 1. The van der Waals surface area contributed by atoms with Gasteiger partial charge in [0.05, 0.1) is 24.6 Å². The van der Waals surface area contributed by atoms with Crippen molar-refractivity contribution in [3.05, 3.63) is 29.4 Å². The minimum absolute atomic E-state index is 0. The largest absolute Gasteiger partial charge is 1.00 e. The maximum absolute atomic E-state index is 11.5. The quantitative estimate of drug-likeness (QED) is 0.625. The minimum Gasteiger partial charge on any atom is -1.00 e. The maximum atomic E-state index is 11.5. The Kier molecular flexibility index (Phi) is 5.39. The number of benzene rings is 1. The van der Waals surface area contributed by atoms with Gasteiger partial charge in [0.25, 0.3) is 5.88 Å². The molecule has 1 aliphatic heterocycles. The number of quaternary nitrogens is 1. The molecule has 0 spiro atoms. The summed E-state index contributed by atoms with van der Waals surface area (Å²) in [6.07, 6.45) is 0.430. The molecule has 2 aromatic rings. The lowest BCUT2D eigenvalue weighted by molar-refractivity contribution is -0.660. The summed E-state index contributed by atoms with van der Waals surface area (Å²) in [4.78, 5) is 20.1. The van der Waals surface area contributed by atoms with E-state index in [-0.39, 0.29) is 35.7 Å². The van der Waals surface area contributed by atoms with Crippen LogP contribution in [0.4, 0.5) is 0 Å². The van der Waals surface area contributed by atoms with Gasteiger partial charge in [-0.15, -0.1) is 0 Å². The van der Waals surface area contributed by atoms with E-state index in [0.29, 0.717) is 18.8 Å². The maximum Gasteiger partial charge on any atom is 0.364 e. The summed E-state index contributed by atoms with van der Waals surface area (Å²) in [6.45, 7) is 0.657. The van der Waals surface area contributed by atoms with Gasteiger partial charge in [-0.25, -0.2) is 14.8 Å². The summed E-state index contributed by atoms with van der Waals surface area (Å²) < 4.78 is 10.5. The third-order valence-electron chi connectivity index (χ3n) is 3.48. The zero-order valence-corrected chi connectivity index (χ0v) is 13.3. The van der Waals surface area contributed by atoms with Crippen LogP contribution in [0, 0.1) is 0 Å². The predicted octanol–water partition coefficient (Wildman–Crippen LogP) is -2.46. The van der Waals surface area contributed by atoms with Crippen LogP contribution < -0.4 is 22.5 Å². The molecule has 6 nitrogen and oxygen atoms in total. The van der Waals surface area contributed by atoms with Crippen LogP contribution in [0.1, 0.15) is 6.42 Å². The molecule has 2 heterocycles. The molecule has 1 fully saturated rings. The zero-order valence-electron chi connectivity index (χ0n) is 11.8. The highest BCUT2D eigenvalue weighted by Crippen LogP contribution is 2.24. The number of methoxy groups -OCH3 is 1. The molecule has 1 aliphatic rings. The van der Waals surface area contributed by atoms with Gasteiger partial charge in [-0.2, -0.15) is 0 Å². The normalized spacial score (nSPS) is 20.5. The number of halogens is 2. The Balaban J connectivity index is 0.00000176. The van der Waals surface area contributed by atoms with Crippen molar-refractivity contribution in [3.63, 3.8) is 0 Å². The van der Waals surface area contributed by atoms with Crippen molar-refractivity contribution in [1.29, 1.82) is 0 Å². The van der Waals surface area contributed by atoms with Crippen molar-refractivity contribution in [2.24, 2.45) is 0 Å². The highest BCUT2D eigenvalue weighted by Gasteiger charge is 2.36. The lowest BCUT2D eigenvalue weighted by atomic mass is 10.2. The van der Waals surface area contributed by atoms with Gasteiger partial charge >= 0.3 is 5.97 Å². The summed E-state index contributed by atoms with van der Waals surface area (Å²) >= 11 is 6.11. The molecule has 0 aliphatic carbocycles. The van der Waals surface area contributed by atoms with Gasteiger partial charge in [0.2, 0.25) is 0 Å². The minimum atomic E-state index is -0.239. The van der Waals surface area contributed by atoms with E-state index in [1.54, 1.807) is 0 Å². The van der Waals surface area contributed by atoms with Gasteiger partial charge in [-0.05, 0) is 12.1 Å². The van der Waals surface area contributed by atoms with Crippen molar-refractivity contribution < 1.29 is 32.0 Å². The van der Waals surface area contributed by atoms with Crippen LogP contribution in [0.25, 0.3) is 11.0 Å². The molecule has 3 rings (SSSR count). The molecule has 8 heteroatoms. The van der Waals surface area contributed by atoms with Crippen LogP contribution in [0.3, 0.4) is 0 Å². The van der Waals surface area contributed by atoms with E-state index in [9.17, 15) is 4.79 Å². The second kappa shape index (κ2) is 7.09. The summed E-state index contributed by atoms with van der Waals surface area (Å²) in [5, 5.41) is 2.13. The number of aromatic nitrogens is 2. The SMILES string of the molecule is COC(=O)[C@@H]1C[C@@H](Oc2nc3ccccc3nc2Cl)C[NH2+]1.[Cl-]. The fourth-order valence-corrected chi connectivity index (χ4v) is 2.60. The number of rotatable bonds is 3. The first-order valence-corrected chi connectivity index (χ1v) is 7.05. The van der Waals surface area contributed by atoms with Crippen molar-refractivity contribution in [2.45, 2.75) is 18.6 Å². The molecule has 1 aromatic heterocycles. The fraction of sp³-hybridized carbons (Fsp3) is 0.357. The van der Waals surface area contributed by atoms with Gasteiger partial charge in [0.15, 0.2) is 17.3 Å². The van der Waals surface area contributed by atoms with Gasteiger partial charge < -0.3 is 27.2 Å². The molecule has 22 heavy (non-hydrogen) atoms. The van der Waals surface area contributed by atoms with E-state index in [1.807, 2.05) is 29.6 Å². The van der Waals surface area contributed by atoms with Crippen LogP contribution in [0.15, 0.2) is 24.3 Å². The summed E-state index contributed by atoms with van der Waals surface area (Å²) in [7, 11) is 1.38. The van der Waals surface area contributed by atoms with Crippen LogP contribution in [0.2, 0.25) is 5.15 Å². The lowest BCUT2D eigenvalue weighted by Crippen LogP contribution is -3.00. The standard InChI is InChI=1S/C14H14ClN3O3.ClH/c1-20-14(19)11-6-8(7-16-11)21-13-12(15)17-9-4-2-3-5-10(9)18-13;/h2-5,8,11,16H,6-7H2,1H3;1H/t8-,11+;/m1./s1. The van der Waals surface area contributed by atoms with Crippen LogP contribution >= 0.6 is 11.6 Å². The Morgan fingerprint density at radius 3 is 2.68 bits per heavy atom. The summed E-state index contributed by atoms with van der Waals surface area (Å²) in [6, 6.07) is 7.22. The van der Waals surface area contributed by atoms with Crippen LogP contribution in [0.5, 0.6) is 5.88 Å². The highest BCUT2D eigenvalue weighted by molar-refractivity contribution is 6.31. The Bertz CT molecular complexity index is 683. The van der Waals surface area contributed by atoms with Crippen LogP contribution in [-0.4, -0.2) is 41.7 Å². The van der Waals surface area contributed by atoms with E-state index in [4.69, 9.17) is 21.1 Å². The molecule has 0 radical (unpaired) electrons. The number of hydrogen-bond donors (Lipinski definition) is 1. The molecule has 1 aromatic carbocycles. The number of hydrogen-bond acceptors (Lipinski definition) is 5. The molecule has 0 bridgehead atoms. The first-order valence-electron chi connectivity index (χ1n) is 6.67. The average Bonchev–Trinajstić information content (AvgIpc) is 2.96. The summed E-state index contributed by atoms with van der Waals surface area (Å²) in [5.74, 6) is 0.0658. The number of para-hydroxylation sites is 2. The van der Waals surface area contributed by atoms with E-state index < -0.39 is 0 Å². The van der Waals surface area contributed by atoms with Crippen LogP contribution in [-0.2, 0) is 9.53 Å². The first-order chi connectivity index (χ1) is 10.2. The number of esters is 1. The molecule has 2 atom stereocenters. The third-order valence-corrected chi connectivity index (χ3v) is 3.73. The zero-order chi connectivity index (χ0) is 14.8. The molecule has 0 amide bonds. The molecule has 0 saturated carbocycles. The van der Waals surface area contributed by atoms with E-state index in [1.165, 1.54) is 7.11 Å². The van der Waals surface area contributed by atoms with Crippen molar-refractivity contribution >= 4 is 28.6 Å². The molecule has 118 valence electrons. The number of carbonyl (C=O) groups excluding carboxylic acids is 1. The van der Waals surface area contributed by atoms with Crippen molar-refractivity contribution in [2.75, 3.05) is 13.7 Å². The van der Waals surface area contributed by atoms with Gasteiger partial charge in [0, 0.05) is 0 Å². The second-order valence-electron chi connectivity index (χ2n) is 4.88. The molecule has 1 saturated heterocycles. The van der Waals surface area contributed by atoms with Crippen molar-refractivity contribution in [3.8, 4) is 5.88 Å². The first kappa shape index (κ1) is 16.7. The van der Waals surface area contributed by atoms with E-state index in [2.05, 4.69) is 9.97 Å². The Hall–Kier alpha value is -1.63. The number of fused-ring (bicyclic) bond motifs is 1. The Labute approximate surface area is 138 Å².